The van der Waals surface area contributed by atoms with Crippen molar-refractivity contribution in [3.8, 4) is 0 Å². The van der Waals surface area contributed by atoms with Crippen LogP contribution in [0.2, 0.25) is 0 Å². The third kappa shape index (κ3) is 4.01. The average molecular weight is 294 g/mol. The monoisotopic (exact) mass is 294 g/mol. The Labute approximate surface area is 126 Å². The van der Waals surface area contributed by atoms with Crippen LogP contribution in [-0.4, -0.2) is 34.6 Å². The van der Waals surface area contributed by atoms with Crippen molar-refractivity contribution < 1.29 is 0 Å². The van der Waals surface area contributed by atoms with E-state index in [1.807, 2.05) is 0 Å². The summed E-state index contributed by atoms with van der Waals surface area (Å²) in [6.45, 7) is 8.21. The number of hydrogen-bond donors (Lipinski definition) is 2. The highest BCUT2D eigenvalue weighted by atomic mass is 32.2. The molecule has 5 heteroatoms. The van der Waals surface area contributed by atoms with E-state index < -0.39 is 0 Å². The van der Waals surface area contributed by atoms with Gasteiger partial charge in [0.05, 0.1) is 0 Å². The number of anilines is 2. The predicted molar refractivity (Wildman–Crippen MR) is 88.8 cm³/mol. The van der Waals surface area contributed by atoms with Crippen LogP contribution in [-0.2, 0) is 6.42 Å². The van der Waals surface area contributed by atoms with Crippen molar-refractivity contribution in [3.05, 3.63) is 11.4 Å². The third-order valence-electron chi connectivity index (χ3n) is 3.75. The first-order valence-electron chi connectivity index (χ1n) is 7.67. The highest BCUT2D eigenvalue weighted by Gasteiger charge is 2.15. The Balaban J connectivity index is 2.06. The van der Waals surface area contributed by atoms with Crippen LogP contribution in [0.25, 0.3) is 0 Å². The van der Waals surface area contributed by atoms with Crippen LogP contribution in [0, 0.1) is 12.8 Å². The molecule has 1 fully saturated rings. The number of hydrogen-bond acceptors (Lipinski definition) is 5. The minimum absolute atomic E-state index is 0.790. The van der Waals surface area contributed by atoms with Gasteiger partial charge in [0.2, 0.25) is 0 Å². The van der Waals surface area contributed by atoms with Gasteiger partial charge >= 0.3 is 0 Å². The van der Waals surface area contributed by atoms with Crippen LogP contribution in [0.4, 0.5) is 11.6 Å². The number of thioether (sulfide) groups is 1. The molecule has 0 aliphatic carbocycles. The fraction of sp³-hybridized carbons (Fsp3) is 0.733. The standard InChI is InChI=1S/C15H26N4S/c1-4-13-18-14(16-5-2)11(3)15(19-13)17-10-12-6-8-20-9-7-12/h12H,4-10H2,1-3H3,(H2,16,17,18,19). The van der Waals surface area contributed by atoms with Crippen molar-refractivity contribution in [3.63, 3.8) is 0 Å². The lowest BCUT2D eigenvalue weighted by Gasteiger charge is -2.22. The van der Waals surface area contributed by atoms with Crippen LogP contribution < -0.4 is 10.6 Å². The molecule has 0 unspecified atom stereocenters. The van der Waals surface area contributed by atoms with E-state index in [4.69, 9.17) is 0 Å². The van der Waals surface area contributed by atoms with Crippen molar-refractivity contribution in [2.24, 2.45) is 5.92 Å². The minimum Gasteiger partial charge on any atom is -0.370 e. The molecule has 4 nitrogen and oxygen atoms in total. The molecule has 0 atom stereocenters. The van der Waals surface area contributed by atoms with Gasteiger partial charge in [-0.15, -0.1) is 0 Å². The molecule has 2 rings (SSSR count). The van der Waals surface area contributed by atoms with Crippen molar-refractivity contribution in [2.45, 2.75) is 40.0 Å². The van der Waals surface area contributed by atoms with E-state index in [2.05, 4.69) is 53.1 Å². The van der Waals surface area contributed by atoms with E-state index in [0.717, 1.165) is 48.5 Å². The minimum atomic E-state index is 0.790. The zero-order valence-electron chi connectivity index (χ0n) is 12.8. The molecule has 1 aromatic heterocycles. The fourth-order valence-corrected chi connectivity index (χ4v) is 3.63. The quantitative estimate of drug-likeness (QED) is 0.843. The topological polar surface area (TPSA) is 49.8 Å². The first-order valence-corrected chi connectivity index (χ1v) is 8.83. The first kappa shape index (κ1) is 15.4. The summed E-state index contributed by atoms with van der Waals surface area (Å²) < 4.78 is 0. The molecule has 0 spiro atoms. The van der Waals surface area contributed by atoms with Gasteiger partial charge in [-0.1, -0.05) is 6.92 Å². The lowest BCUT2D eigenvalue weighted by atomic mass is 10.0. The van der Waals surface area contributed by atoms with E-state index in [-0.39, 0.29) is 0 Å². The SMILES string of the molecule is CCNc1nc(CC)nc(NCC2CCSCC2)c1C. The van der Waals surface area contributed by atoms with Crippen LogP contribution in [0.5, 0.6) is 0 Å². The molecule has 1 aliphatic heterocycles. The third-order valence-corrected chi connectivity index (χ3v) is 4.80. The van der Waals surface area contributed by atoms with E-state index in [1.54, 1.807) is 0 Å². The summed E-state index contributed by atoms with van der Waals surface area (Å²) in [4.78, 5) is 9.22. The molecule has 0 radical (unpaired) electrons. The van der Waals surface area contributed by atoms with Gasteiger partial charge < -0.3 is 10.6 Å². The van der Waals surface area contributed by atoms with E-state index in [9.17, 15) is 0 Å². The molecule has 0 saturated carbocycles. The lowest BCUT2D eigenvalue weighted by Crippen LogP contribution is -2.20. The number of nitrogens with one attached hydrogen (secondary N) is 2. The average Bonchev–Trinajstić information content (AvgIpc) is 2.49. The second-order valence-electron chi connectivity index (χ2n) is 5.28. The summed E-state index contributed by atoms with van der Waals surface area (Å²) in [5.41, 5.74) is 1.13. The number of aryl methyl sites for hydroxylation is 1. The molecule has 112 valence electrons. The summed E-state index contributed by atoms with van der Waals surface area (Å²) in [6.07, 6.45) is 3.51. The number of rotatable bonds is 6. The Hall–Kier alpha value is -0.970. The Morgan fingerprint density at radius 1 is 1.10 bits per heavy atom. The molecule has 1 aromatic rings. The lowest BCUT2D eigenvalue weighted by molar-refractivity contribution is 0.515. The maximum absolute atomic E-state index is 4.65. The van der Waals surface area contributed by atoms with Gasteiger partial charge in [-0.3, -0.25) is 0 Å². The first-order chi connectivity index (χ1) is 9.74. The van der Waals surface area contributed by atoms with Crippen LogP contribution in [0.1, 0.15) is 38.1 Å². The smallest absolute Gasteiger partial charge is 0.134 e. The van der Waals surface area contributed by atoms with Crippen molar-refractivity contribution in [1.82, 2.24) is 9.97 Å². The molecule has 1 aliphatic rings. The molecule has 0 bridgehead atoms. The van der Waals surface area contributed by atoms with Crippen LogP contribution >= 0.6 is 11.8 Å². The zero-order valence-corrected chi connectivity index (χ0v) is 13.6. The van der Waals surface area contributed by atoms with Crippen molar-refractivity contribution >= 4 is 23.4 Å². The van der Waals surface area contributed by atoms with Crippen LogP contribution in [0.15, 0.2) is 0 Å². The van der Waals surface area contributed by atoms with Crippen LogP contribution in [0.3, 0.4) is 0 Å². The Bertz CT molecular complexity index is 430. The molecule has 1 saturated heterocycles. The number of nitrogens with zero attached hydrogens (tertiary/aromatic N) is 2. The van der Waals surface area contributed by atoms with E-state index in [1.165, 1.54) is 24.3 Å². The molecule has 0 aromatic carbocycles. The molecule has 2 N–H and O–H groups in total. The Morgan fingerprint density at radius 2 is 1.75 bits per heavy atom. The fourth-order valence-electron chi connectivity index (χ4n) is 2.42. The normalized spacial score (nSPS) is 16.1. The Morgan fingerprint density at radius 3 is 2.35 bits per heavy atom. The predicted octanol–water partition coefficient (Wildman–Crippen LogP) is 3.33. The second-order valence-corrected chi connectivity index (χ2v) is 6.51. The van der Waals surface area contributed by atoms with Crippen molar-refractivity contribution in [2.75, 3.05) is 35.2 Å². The zero-order chi connectivity index (χ0) is 14.4. The summed E-state index contributed by atoms with van der Waals surface area (Å²) in [7, 11) is 0. The summed E-state index contributed by atoms with van der Waals surface area (Å²) in [5, 5.41) is 6.89. The van der Waals surface area contributed by atoms with E-state index >= 15 is 0 Å². The van der Waals surface area contributed by atoms with Gasteiger partial charge in [-0.2, -0.15) is 11.8 Å². The highest BCUT2D eigenvalue weighted by molar-refractivity contribution is 7.99. The van der Waals surface area contributed by atoms with Gasteiger partial charge in [-0.25, -0.2) is 9.97 Å². The molecule has 2 heterocycles. The second kappa shape index (κ2) is 7.72. The van der Waals surface area contributed by atoms with Gasteiger partial charge in [0.25, 0.3) is 0 Å². The van der Waals surface area contributed by atoms with Gasteiger partial charge in [0.1, 0.15) is 17.5 Å². The van der Waals surface area contributed by atoms with Gasteiger partial charge in [0, 0.05) is 25.1 Å². The van der Waals surface area contributed by atoms with E-state index in [0.29, 0.717) is 0 Å². The molecular formula is C15H26N4S. The molecule has 0 amide bonds. The molecule has 20 heavy (non-hydrogen) atoms. The maximum Gasteiger partial charge on any atom is 0.134 e. The molecular weight excluding hydrogens is 268 g/mol. The van der Waals surface area contributed by atoms with Gasteiger partial charge in [-0.05, 0) is 44.1 Å². The summed E-state index contributed by atoms with van der Waals surface area (Å²) in [6, 6.07) is 0. The van der Waals surface area contributed by atoms with Gasteiger partial charge in [0.15, 0.2) is 0 Å². The summed E-state index contributed by atoms with van der Waals surface area (Å²) >= 11 is 2.08. The largest absolute Gasteiger partial charge is 0.370 e. The highest BCUT2D eigenvalue weighted by Crippen LogP contribution is 2.25. The van der Waals surface area contributed by atoms with Crippen molar-refractivity contribution in [1.29, 1.82) is 0 Å². The summed E-state index contributed by atoms with van der Waals surface area (Å²) in [5.74, 6) is 6.29. The number of aromatic nitrogens is 2. The maximum atomic E-state index is 4.65. The Kier molecular flexibility index (Phi) is 5.95.